The van der Waals surface area contributed by atoms with E-state index in [1.165, 1.54) is 25.9 Å². The SMILES string of the molecule is CCC(CNC)N1CCC(COC)C1. The monoisotopic (exact) mass is 200 g/mol. The normalized spacial score (nSPS) is 25.5. The smallest absolute Gasteiger partial charge is 0.0503 e. The zero-order valence-electron chi connectivity index (χ0n) is 9.75. The molecule has 1 fully saturated rings. The largest absolute Gasteiger partial charge is 0.384 e. The third kappa shape index (κ3) is 3.23. The van der Waals surface area contributed by atoms with Gasteiger partial charge in [-0.1, -0.05) is 6.92 Å². The highest BCUT2D eigenvalue weighted by Crippen LogP contribution is 2.19. The summed E-state index contributed by atoms with van der Waals surface area (Å²) in [6.45, 7) is 6.76. The van der Waals surface area contributed by atoms with Gasteiger partial charge in [-0.15, -0.1) is 0 Å². The molecule has 84 valence electrons. The summed E-state index contributed by atoms with van der Waals surface area (Å²) < 4.78 is 5.21. The van der Waals surface area contributed by atoms with Gasteiger partial charge in [-0.05, 0) is 32.4 Å². The van der Waals surface area contributed by atoms with E-state index in [1.807, 2.05) is 7.05 Å². The summed E-state index contributed by atoms with van der Waals surface area (Å²) in [7, 11) is 3.83. The van der Waals surface area contributed by atoms with E-state index < -0.39 is 0 Å². The van der Waals surface area contributed by atoms with Crippen LogP contribution in [0, 0.1) is 5.92 Å². The molecule has 14 heavy (non-hydrogen) atoms. The van der Waals surface area contributed by atoms with Gasteiger partial charge in [0.25, 0.3) is 0 Å². The highest BCUT2D eigenvalue weighted by atomic mass is 16.5. The highest BCUT2D eigenvalue weighted by Gasteiger charge is 2.26. The molecular formula is C11H24N2O. The number of likely N-dealkylation sites (N-methyl/N-ethyl adjacent to an activating group) is 1. The van der Waals surface area contributed by atoms with Gasteiger partial charge in [0.1, 0.15) is 0 Å². The van der Waals surface area contributed by atoms with Gasteiger partial charge in [-0.3, -0.25) is 4.90 Å². The van der Waals surface area contributed by atoms with Crippen LogP contribution in [-0.2, 0) is 4.74 Å². The standard InChI is InChI=1S/C11H24N2O/c1-4-11(7-12-2)13-6-5-10(8-13)9-14-3/h10-12H,4-9H2,1-3H3. The van der Waals surface area contributed by atoms with Crippen molar-refractivity contribution in [3.63, 3.8) is 0 Å². The number of methoxy groups -OCH3 is 1. The van der Waals surface area contributed by atoms with Crippen molar-refractivity contribution >= 4 is 0 Å². The fraction of sp³-hybridized carbons (Fsp3) is 1.00. The van der Waals surface area contributed by atoms with E-state index in [2.05, 4.69) is 17.1 Å². The first kappa shape index (κ1) is 12.0. The zero-order chi connectivity index (χ0) is 10.4. The van der Waals surface area contributed by atoms with Crippen LogP contribution in [0.3, 0.4) is 0 Å². The fourth-order valence-corrected chi connectivity index (χ4v) is 2.33. The maximum Gasteiger partial charge on any atom is 0.0503 e. The lowest BCUT2D eigenvalue weighted by molar-refractivity contribution is 0.146. The van der Waals surface area contributed by atoms with E-state index in [9.17, 15) is 0 Å². The molecule has 0 spiro atoms. The fourth-order valence-electron chi connectivity index (χ4n) is 2.33. The number of hydrogen-bond acceptors (Lipinski definition) is 3. The van der Waals surface area contributed by atoms with E-state index >= 15 is 0 Å². The molecule has 3 nitrogen and oxygen atoms in total. The lowest BCUT2D eigenvalue weighted by atomic mass is 10.1. The van der Waals surface area contributed by atoms with Gasteiger partial charge < -0.3 is 10.1 Å². The number of nitrogens with zero attached hydrogens (tertiary/aromatic N) is 1. The van der Waals surface area contributed by atoms with Crippen molar-refractivity contribution in [2.75, 3.05) is 40.4 Å². The molecule has 0 radical (unpaired) electrons. The number of rotatable bonds is 6. The predicted octanol–water partition coefficient (Wildman–Crippen LogP) is 0.953. The first-order chi connectivity index (χ1) is 6.81. The lowest BCUT2D eigenvalue weighted by Crippen LogP contribution is -2.39. The van der Waals surface area contributed by atoms with Crippen LogP contribution in [0.5, 0.6) is 0 Å². The van der Waals surface area contributed by atoms with Crippen LogP contribution < -0.4 is 5.32 Å². The Labute approximate surface area is 87.8 Å². The summed E-state index contributed by atoms with van der Waals surface area (Å²) in [4.78, 5) is 2.60. The minimum Gasteiger partial charge on any atom is -0.384 e. The molecule has 1 N–H and O–H groups in total. The van der Waals surface area contributed by atoms with Crippen molar-refractivity contribution in [1.82, 2.24) is 10.2 Å². The summed E-state index contributed by atoms with van der Waals surface area (Å²) in [6.07, 6.45) is 2.54. The minimum absolute atomic E-state index is 0.710. The van der Waals surface area contributed by atoms with Crippen LogP contribution in [0.2, 0.25) is 0 Å². The van der Waals surface area contributed by atoms with Gasteiger partial charge in [0.2, 0.25) is 0 Å². The Balaban J connectivity index is 2.31. The second kappa shape index (κ2) is 6.38. The van der Waals surface area contributed by atoms with Crippen molar-refractivity contribution in [3.8, 4) is 0 Å². The number of hydrogen-bond donors (Lipinski definition) is 1. The van der Waals surface area contributed by atoms with Crippen LogP contribution in [-0.4, -0.2) is 51.3 Å². The topological polar surface area (TPSA) is 24.5 Å². The molecular weight excluding hydrogens is 176 g/mol. The predicted molar refractivity (Wildman–Crippen MR) is 59.6 cm³/mol. The second-order valence-corrected chi connectivity index (χ2v) is 4.22. The maximum atomic E-state index is 5.21. The minimum atomic E-state index is 0.710. The van der Waals surface area contributed by atoms with Crippen LogP contribution in [0.25, 0.3) is 0 Å². The van der Waals surface area contributed by atoms with Crippen LogP contribution in [0.15, 0.2) is 0 Å². The van der Waals surface area contributed by atoms with Crippen LogP contribution >= 0.6 is 0 Å². The molecule has 0 saturated carbocycles. The first-order valence-electron chi connectivity index (χ1n) is 5.69. The molecule has 1 saturated heterocycles. The summed E-state index contributed by atoms with van der Waals surface area (Å²) in [6, 6.07) is 0.710. The molecule has 1 rings (SSSR count). The first-order valence-corrected chi connectivity index (χ1v) is 5.69. The molecule has 1 heterocycles. The molecule has 0 aromatic rings. The highest BCUT2D eigenvalue weighted by molar-refractivity contribution is 4.81. The average molecular weight is 200 g/mol. The number of likely N-dealkylation sites (tertiary alicyclic amines) is 1. The lowest BCUT2D eigenvalue weighted by Gasteiger charge is -2.26. The molecule has 0 aromatic heterocycles. The summed E-state index contributed by atoms with van der Waals surface area (Å²) in [5.41, 5.74) is 0. The van der Waals surface area contributed by atoms with Gasteiger partial charge in [-0.25, -0.2) is 0 Å². The van der Waals surface area contributed by atoms with E-state index in [1.54, 1.807) is 7.11 Å². The van der Waals surface area contributed by atoms with Crippen molar-refractivity contribution < 1.29 is 4.74 Å². The van der Waals surface area contributed by atoms with Crippen molar-refractivity contribution in [3.05, 3.63) is 0 Å². The Morgan fingerprint density at radius 3 is 2.93 bits per heavy atom. The molecule has 0 aromatic carbocycles. The quantitative estimate of drug-likeness (QED) is 0.691. The number of nitrogens with one attached hydrogen (secondary N) is 1. The van der Waals surface area contributed by atoms with Crippen molar-refractivity contribution in [2.24, 2.45) is 5.92 Å². The zero-order valence-corrected chi connectivity index (χ0v) is 9.75. The van der Waals surface area contributed by atoms with Gasteiger partial charge in [-0.2, -0.15) is 0 Å². The van der Waals surface area contributed by atoms with Crippen molar-refractivity contribution in [1.29, 1.82) is 0 Å². The third-order valence-electron chi connectivity index (χ3n) is 3.15. The average Bonchev–Trinajstić information content (AvgIpc) is 2.63. The van der Waals surface area contributed by atoms with Gasteiger partial charge in [0.15, 0.2) is 0 Å². The Kier molecular flexibility index (Phi) is 5.45. The van der Waals surface area contributed by atoms with Crippen LogP contribution in [0.4, 0.5) is 0 Å². The van der Waals surface area contributed by atoms with E-state index in [-0.39, 0.29) is 0 Å². The Morgan fingerprint density at radius 2 is 2.36 bits per heavy atom. The summed E-state index contributed by atoms with van der Waals surface area (Å²) in [5.74, 6) is 0.755. The van der Waals surface area contributed by atoms with Crippen molar-refractivity contribution in [2.45, 2.75) is 25.8 Å². The summed E-state index contributed by atoms with van der Waals surface area (Å²) >= 11 is 0. The van der Waals surface area contributed by atoms with E-state index in [4.69, 9.17) is 4.74 Å². The summed E-state index contributed by atoms with van der Waals surface area (Å²) in [5, 5.41) is 3.27. The Bertz CT molecular complexity index is 152. The molecule has 1 aliphatic rings. The molecule has 3 heteroatoms. The molecule has 2 unspecified atom stereocenters. The number of ether oxygens (including phenoxy) is 1. The third-order valence-corrected chi connectivity index (χ3v) is 3.15. The van der Waals surface area contributed by atoms with Gasteiger partial charge in [0, 0.05) is 26.2 Å². The van der Waals surface area contributed by atoms with E-state index in [0.29, 0.717) is 6.04 Å². The molecule has 0 bridgehead atoms. The molecule has 0 aliphatic carbocycles. The molecule has 1 aliphatic heterocycles. The maximum absolute atomic E-state index is 5.21. The molecule has 0 amide bonds. The second-order valence-electron chi connectivity index (χ2n) is 4.22. The Hall–Kier alpha value is -0.120. The van der Waals surface area contributed by atoms with Crippen LogP contribution in [0.1, 0.15) is 19.8 Å². The van der Waals surface area contributed by atoms with Gasteiger partial charge >= 0.3 is 0 Å². The van der Waals surface area contributed by atoms with Gasteiger partial charge in [0.05, 0.1) is 6.61 Å². The van der Waals surface area contributed by atoms with E-state index in [0.717, 1.165) is 19.1 Å². The Morgan fingerprint density at radius 1 is 1.57 bits per heavy atom. The molecule has 2 atom stereocenters.